The maximum absolute atomic E-state index is 8.55. The molecule has 146 valence electrons. The largest absolute Gasteiger partial charge is 2.00 e. The number of phosphoric acid groups is 1. The van der Waals surface area contributed by atoms with Gasteiger partial charge in [-0.3, -0.25) is 0 Å². The molecule has 4 nitrogen and oxygen atoms in total. The molecule has 0 atom stereocenters. The van der Waals surface area contributed by atoms with Crippen LogP contribution in [0.3, 0.4) is 0 Å². The molecule has 0 radical (unpaired) electrons. The van der Waals surface area contributed by atoms with Crippen molar-refractivity contribution in [2.75, 3.05) is 0 Å². The fourth-order valence-electron chi connectivity index (χ4n) is 1.41. The fraction of sp³-hybridized carbons (Fsp3) is 0.833. The van der Waals surface area contributed by atoms with Crippen LogP contribution in [-0.2, 0) is 63.0 Å². The van der Waals surface area contributed by atoms with E-state index in [0.717, 1.165) is 17.8 Å². The van der Waals surface area contributed by atoms with E-state index in [1.165, 1.54) is 19.3 Å². The second kappa shape index (κ2) is 34.5. The van der Waals surface area contributed by atoms with Crippen LogP contribution in [0.15, 0.2) is 0 Å². The van der Waals surface area contributed by atoms with Crippen LogP contribution in [0, 0.1) is 37.0 Å². The molecule has 0 rings (SSSR count). The zero-order valence-corrected chi connectivity index (χ0v) is 28.6. The monoisotopic (exact) mass is 542 g/mol. The van der Waals surface area contributed by atoms with E-state index in [1.54, 1.807) is 0 Å². The van der Waals surface area contributed by atoms with Crippen molar-refractivity contribution in [3.63, 3.8) is 0 Å². The fourth-order valence-corrected chi connectivity index (χ4v) is 1.41. The summed E-state index contributed by atoms with van der Waals surface area (Å²) in [6.45, 7) is 19.6. The molecule has 0 aliphatic heterocycles. The molecule has 0 N–H and O–H groups in total. The van der Waals surface area contributed by atoms with Gasteiger partial charge in [-0.1, -0.05) is 59.3 Å². The van der Waals surface area contributed by atoms with E-state index >= 15 is 0 Å². The molecule has 0 amide bonds. The van der Waals surface area contributed by atoms with Crippen LogP contribution in [0.1, 0.15) is 81.6 Å². The van der Waals surface area contributed by atoms with Gasteiger partial charge in [0.05, 0.1) is 0 Å². The molecule has 0 saturated heterocycles. The molecule has 0 aliphatic rings. The van der Waals surface area contributed by atoms with Gasteiger partial charge in [-0.25, -0.2) is 0 Å². The first-order valence-electron chi connectivity index (χ1n) is 8.38. The van der Waals surface area contributed by atoms with E-state index in [1.807, 2.05) is 0 Å². The number of hydrogen-bond acceptors (Lipinski definition) is 4. The van der Waals surface area contributed by atoms with Crippen molar-refractivity contribution in [2.24, 2.45) is 17.8 Å². The van der Waals surface area contributed by atoms with Crippen LogP contribution in [0.4, 0.5) is 0 Å². The van der Waals surface area contributed by atoms with Gasteiger partial charge >= 0.3 is 58.4 Å². The van der Waals surface area contributed by atoms with Gasteiger partial charge in [-0.2, -0.15) is 47.9 Å². The van der Waals surface area contributed by atoms with Gasteiger partial charge in [-0.05, 0) is 0 Å². The quantitative estimate of drug-likeness (QED) is 0.287. The summed E-state index contributed by atoms with van der Waals surface area (Å²) in [5.41, 5.74) is 0. The Morgan fingerprint density at radius 1 is 0.615 bits per heavy atom. The normalized spacial score (nSPS) is 9.19. The Morgan fingerprint density at radius 3 is 0.731 bits per heavy atom. The van der Waals surface area contributed by atoms with Gasteiger partial charge in [0.25, 0.3) is 0 Å². The van der Waals surface area contributed by atoms with Crippen molar-refractivity contribution in [1.82, 2.24) is 0 Å². The Kier molecular flexibility index (Phi) is 61.4. The van der Waals surface area contributed by atoms with Crippen molar-refractivity contribution in [3.05, 3.63) is 19.3 Å². The molecule has 0 aliphatic carbocycles. The van der Waals surface area contributed by atoms with Crippen LogP contribution in [0.25, 0.3) is 0 Å². The predicted octanol–water partition coefficient (Wildman–Crippen LogP) is 3.94. The van der Waals surface area contributed by atoms with Gasteiger partial charge in [0.2, 0.25) is 0 Å². The van der Waals surface area contributed by atoms with Crippen molar-refractivity contribution in [1.29, 1.82) is 0 Å². The topological polar surface area (TPSA) is 86.2 Å². The first-order valence-corrected chi connectivity index (χ1v) is 9.84. The Balaban J connectivity index is -0.0000000357. The first-order chi connectivity index (χ1) is 10.3. The van der Waals surface area contributed by atoms with E-state index in [9.17, 15) is 0 Å². The zero-order chi connectivity index (χ0) is 19.5. The van der Waals surface area contributed by atoms with Crippen molar-refractivity contribution in [3.8, 4) is 0 Å². The maximum atomic E-state index is 8.55. The van der Waals surface area contributed by atoms with Crippen LogP contribution in [0.5, 0.6) is 0 Å². The van der Waals surface area contributed by atoms with Crippen molar-refractivity contribution < 1.29 is 77.7 Å². The predicted molar refractivity (Wildman–Crippen MR) is 95.9 cm³/mol. The minimum atomic E-state index is -5.39. The van der Waals surface area contributed by atoms with Gasteiger partial charge in [-0.15, -0.1) is 0 Å². The van der Waals surface area contributed by atoms with Crippen LogP contribution < -0.4 is 14.7 Å². The number of rotatable bonds is 6. The van der Waals surface area contributed by atoms with Gasteiger partial charge in [0.1, 0.15) is 0 Å². The molecule has 0 unspecified atom stereocenters. The number of hydrogen-bond donors (Lipinski definition) is 0. The summed E-state index contributed by atoms with van der Waals surface area (Å²) in [4.78, 5) is 25.6. The first kappa shape index (κ1) is 46.3. The molecule has 0 bridgehead atoms. The summed E-state index contributed by atoms with van der Waals surface area (Å²) < 4.78 is 8.55. The van der Waals surface area contributed by atoms with E-state index in [0.29, 0.717) is 0 Å². The Hall–Kier alpha value is 1.98. The standard InChI is InChI=1S/3C6H13.H3O4P.3Zn/c3*1-4-5-6(2)3;1-5(2,3)4;;;/h3*4,6H,5H2,1-3H3;(H3,1,2,3,4);;;/q3*-1;;3*+2/p-3. The molecule has 26 heavy (non-hydrogen) atoms. The summed E-state index contributed by atoms with van der Waals surface area (Å²) in [5.74, 6) is 2.53. The van der Waals surface area contributed by atoms with E-state index in [2.05, 4.69) is 81.6 Å². The zero-order valence-electron chi connectivity index (χ0n) is 18.8. The van der Waals surface area contributed by atoms with E-state index in [4.69, 9.17) is 19.2 Å². The minimum Gasteiger partial charge on any atom is -0.822 e. The van der Waals surface area contributed by atoms with Crippen LogP contribution in [0.2, 0.25) is 0 Å². The Labute approximate surface area is 203 Å². The van der Waals surface area contributed by atoms with Crippen molar-refractivity contribution in [2.45, 2.75) is 81.6 Å². The average Bonchev–Trinajstić information content (AvgIpc) is 2.27. The molecule has 8 heteroatoms. The second-order valence-electron chi connectivity index (χ2n) is 6.56. The summed E-state index contributed by atoms with van der Waals surface area (Å²) in [7, 11) is -5.39. The minimum absolute atomic E-state index is 0. The average molecular weight is 547 g/mol. The molecule has 0 aromatic carbocycles. The van der Waals surface area contributed by atoms with E-state index in [-0.39, 0.29) is 58.4 Å². The van der Waals surface area contributed by atoms with Gasteiger partial charge in [0.15, 0.2) is 0 Å². The third kappa shape index (κ3) is 134. The SMILES string of the molecule is C[CH-]CC(C)C.C[CH-]CC(C)C.C[CH-]CC(C)C.O=P([O-])([O-])[O-].[Zn+2].[Zn+2].[Zn+2]. The Bertz CT molecular complexity index is 217. The molecule has 0 aromatic rings. The van der Waals surface area contributed by atoms with Gasteiger partial charge in [0, 0.05) is 0 Å². The molecule has 0 heterocycles. The summed E-state index contributed by atoms with van der Waals surface area (Å²) in [6, 6.07) is 0. The smallest absolute Gasteiger partial charge is 0.822 e. The third-order valence-electron chi connectivity index (χ3n) is 2.12. The van der Waals surface area contributed by atoms with E-state index < -0.39 is 7.82 Å². The Morgan fingerprint density at radius 2 is 0.731 bits per heavy atom. The molecule has 0 aromatic heterocycles. The summed E-state index contributed by atoms with van der Waals surface area (Å²) in [6.07, 6.45) is 10.3. The van der Waals surface area contributed by atoms with Crippen molar-refractivity contribution >= 4 is 7.82 Å². The molecule has 0 fully saturated rings. The van der Waals surface area contributed by atoms with Crippen LogP contribution in [-0.4, -0.2) is 0 Å². The second-order valence-corrected chi connectivity index (χ2v) is 7.46. The van der Waals surface area contributed by atoms with Gasteiger partial charge < -0.3 is 38.5 Å². The summed E-state index contributed by atoms with van der Waals surface area (Å²) >= 11 is 0. The molecule has 0 spiro atoms. The van der Waals surface area contributed by atoms with Crippen LogP contribution >= 0.6 is 7.82 Å². The maximum Gasteiger partial charge on any atom is 2.00 e. The summed E-state index contributed by atoms with van der Waals surface area (Å²) in [5, 5.41) is 0. The third-order valence-corrected chi connectivity index (χ3v) is 2.12. The molecule has 0 saturated carbocycles. The molecular weight excluding hydrogens is 507 g/mol. The molecular formula is C18H39O4PZn3.